The summed E-state index contributed by atoms with van der Waals surface area (Å²) in [5.41, 5.74) is 0. The zero-order chi connectivity index (χ0) is 16.3. The molecule has 1 aromatic heterocycles. The molecule has 1 aromatic rings. The lowest BCUT2D eigenvalue weighted by molar-refractivity contribution is 0.0261. The highest BCUT2D eigenvalue weighted by molar-refractivity contribution is 7.14. The molecule has 0 saturated carbocycles. The first-order valence-electron chi connectivity index (χ1n) is 6.91. The molecule has 1 fully saturated rings. The second kappa shape index (κ2) is 7.63. The van der Waals surface area contributed by atoms with Gasteiger partial charge in [-0.2, -0.15) is 0 Å². The summed E-state index contributed by atoms with van der Waals surface area (Å²) in [6.45, 7) is 5.63. The lowest BCUT2D eigenvalue weighted by Gasteiger charge is -2.32. The molecule has 9 heteroatoms. The number of halogens is 3. The Bertz CT molecular complexity index is 523. The number of rotatable bonds is 5. The van der Waals surface area contributed by atoms with Crippen molar-refractivity contribution in [2.45, 2.75) is 19.4 Å². The van der Waals surface area contributed by atoms with Gasteiger partial charge in [-0.05, 0) is 6.92 Å². The van der Waals surface area contributed by atoms with Crippen LogP contribution in [0.5, 0.6) is 0 Å². The molecule has 0 spiro atoms. The molecular weight excluding hydrogens is 336 g/mol. The van der Waals surface area contributed by atoms with Gasteiger partial charge in [0.25, 0.3) is 12.3 Å². The summed E-state index contributed by atoms with van der Waals surface area (Å²) in [7, 11) is 1.64. The fraction of sp³-hybridized carbons (Fsp3) is 0.692. The van der Waals surface area contributed by atoms with E-state index < -0.39 is 6.43 Å². The van der Waals surface area contributed by atoms with Crippen molar-refractivity contribution in [2.75, 3.05) is 39.9 Å². The number of ether oxygens (including phenoxy) is 1. The lowest BCUT2D eigenvalue weighted by atomic mass is 10.2. The van der Waals surface area contributed by atoms with Crippen LogP contribution in [0.1, 0.15) is 28.0 Å². The molecule has 0 radical (unpaired) electrons. The van der Waals surface area contributed by atoms with E-state index >= 15 is 0 Å². The van der Waals surface area contributed by atoms with Gasteiger partial charge < -0.3 is 9.64 Å². The second-order valence-electron chi connectivity index (χ2n) is 5.15. The first-order chi connectivity index (χ1) is 10.4. The third-order valence-corrected chi connectivity index (χ3v) is 5.05. The van der Waals surface area contributed by atoms with Crippen LogP contribution in [0, 0.1) is 0 Å². The van der Waals surface area contributed by atoms with Crippen molar-refractivity contribution in [3.05, 3.63) is 15.0 Å². The second-order valence-corrected chi connectivity index (χ2v) is 6.54. The molecule has 1 unspecified atom stereocenters. The third-order valence-electron chi connectivity index (χ3n) is 3.60. The summed E-state index contributed by atoms with van der Waals surface area (Å²) in [6.07, 6.45) is -2.72. The minimum absolute atomic E-state index is 0.00312. The maximum Gasteiger partial charge on any atom is 0.282 e. The highest BCUT2D eigenvalue weighted by Gasteiger charge is 2.26. The van der Waals surface area contributed by atoms with Crippen LogP contribution in [0.3, 0.4) is 0 Å². The Balaban J connectivity index is 1.99. The van der Waals surface area contributed by atoms with Crippen LogP contribution in [0.25, 0.3) is 0 Å². The minimum Gasteiger partial charge on any atom is -0.379 e. The predicted octanol–water partition coefficient (Wildman–Crippen LogP) is 2.53. The SMILES string of the molecule is CC(CN1CCOCC1)N(C)C(=O)c1nc(Cl)c(C(F)F)s1. The summed E-state index contributed by atoms with van der Waals surface area (Å²) in [4.78, 5) is 19.5. The van der Waals surface area contributed by atoms with Gasteiger partial charge in [0.05, 0.1) is 13.2 Å². The van der Waals surface area contributed by atoms with E-state index in [9.17, 15) is 13.6 Å². The van der Waals surface area contributed by atoms with E-state index in [1.807, 2.05) is 6.92 Å². The number of hydrogen-bond donors (Lipinski definition) is 0. The van der Waals surface area contributed by atoms with Gasteiger partial charge in [-0.15, -0.1) is 11.3 Å². The molecule has 5 nitrogen and oxygen atoms in total. The van der Waals surface area contributed by atoms with Crippen molar-refractivity contribution < 1.29 is 18.3 Å². The molecule has 1 atom stereocenters. The van der Waals surface area contributed by atoms with E-state index in [2.05, 4.69) is 9.88 Å². The Labute approximate surface area is 136 Å². The maximum absolute atomic E-state index is 12.7. The maximum atomic E-state index is 12.7. The molecule has 1 amide bonds. The Kier molecular flexibility index (Phi) is 6.08. The average molecular weight is 354 g/mol. The summed E-state index contributed by atoms with van der Waals surface area (Å²) in [6, 6.07) is -0.0664. The Hall–Kier alpha value is -0.830. The quantitative estimate of drug-likeness (QED) is 0.816. The standard InChI is InChI=1S/C13H18ClF2N3O2S/c1-8(7-19-3-5-21-6-4-19)18(2)13(20)12-17-10(14)9(22-12)11(15)16/h8,11H,3-7H2,1-2H3. The van der Waals surface area contributed by atoms with E-state index in [-0.39, 0.29) is 27.0 Å². The summed E-state index contributed by atoms with van der Waals surface area (Å²) in [5, 5.41) is -0.297. The first kappa shape index (κ1) is 17.5. The van der Waals surface area contributed by atoms with Gasteiger partial charge in [0, 0.05) is 32.7 Å². The summed E-state index contributed by atoms with van der Waals surface area (Å²) >= 11 is 6.30. The van der Waals surface area contributed by atoms with Crippen LogP contribution in [0.15, 0.2) is 0 Å². The van der Waals surface area contributed by atoms with E-state index in [0.717, 1.165) is 13.1 Å². The number of thiazole rings is 1. The number of morpholine rings is 1. The Morgan fingerprint density at radius 1 is 1.50 bits per heavy atom. The summed E-state index contributed by atoms with van der Waals surface area (Å²) in [5.74, 6) is -0.389. The highest BCUT2D eigenvalue weighted by atomic mass is 35.5. The number of aromatic nitrogens is 1. The molecule has 2 heterocycles. The van der Waals surface area contributed by atoms with Crippen LogP contribution in [0.4, 0.5) is 8.78 Å². The van der Waals surface area contributed by atoms with E-state index in [0.29, 0.717) is 31.1 Å². The Morgan fingerprint density at radius 2 is 2.14 bits per heavy atom. The normalized spacial score (nSPS) is 17.7. The zero-order valence-corrected chi connectivity index (χ0v) is 14.0. The molecule has 124 valence electrons. The third kappa shape index (κ3) is 4.13. The number of likely N-dealkylation sites (N-methyl/N-ethyl adjacent to an activating group) is 1. The number of nitrogens with zero attached hydrogens (tertiary/aromatic N) is 3. The highest BCUT2D eigenvalue weighted by Crippen LogP contribution is 2.32. The van der Waals surface area contributed by atoms with Crippen LogP contribution < -0.4 is 0 Å². The average Bonchev–Trinajstić information content (AvgIpc) is 2.89. The molecule has 0 aromatic carbocycles. The van der Waals surface area contributed by atoms with Gasteiger partial charge in [0.15, 0.2) is 5.01 Å². The number of carbonyl (C=O) groups excluding carboxylic acids is 1. The molecule has 1 saturated heterocycles. The fourth-order valence-electron chi connectivity index (χ4n) is 2.17. The van der Waals surface area contributed by atoms with Crippen LogP contribution in [-0.2, 0) is 4.74 Å². The monoisotopic (exact) mass is 353 g/mol. The zero-order valence-electron chi connectivity index (χ0n) is 12.4. The molecule has 1 aliphatic heterocycles. The molecule has 22 heavy (non-hydrogen) atoms. The Morgan fingerprint density at radius 3 is 2.68 bits per heavy atom. The number of alkyl halides is 2. The van der Waals surface area contributed by atoms with Crippen molar-refractivity contribution in [1.82, 2.24) is 14.8 Å². The largest absolute Gasteiger partial charge is 0.379 e. The molecule has 0 aliphatic carbocycles. The van der Waals surface area contributed by atoms with Gasteiger partial charge in [-0.3, -0.25) is 9.69 Å². The number of hydrogen-bond acceptors (Lipinski definition) is 5. The van der Waals surface area contributed by atoms with Gasteiger partial charge in [-0.1, -0.05) is 11.6 Å². The van der Waals surface area contributed by atoms with Crippen molar-refractivity contribution in [3.63, 3.8) is 0 Å². The summed E-state index contributed by atoms with van der Waals surface area (Å²) < 4.78 is 30.7. The van der Waals surface area contributed by atoms with Crippen molar-refractivity contribution in [1.29, 1.82) is 0 Å². The van der Waals surface area contributed by atoms with E-state index in [1.165, 1.54) is 4.90 Å². The van der Waals surface area contributed by atoms with Crippen molar-refractivity contribution in [3.8, 4) is 0 Å². The first-order valence-corrected chi connectivity index (χ1v) is 8.11. The van der Waals surface area contributed by atoms with Gasteiger partial charge in [0.1, 0.15) is 10.0 Å². The molecular formula is C13H18ClF2N3O2S. The van der Waals surface area contributed by atoms with Crippen LogP contribution in [-0.4, -0.2) is 66.6 Å². The number of carbonyl (C=O) groups is 1. The van der Waals surface area contributed by atoms with Crippen LogP contribution >= 0.6 is 22.9 Å². The van der Waals surface area contributed by atoms with Gasteiger partial charge in [0.2, 0.25) is 0 Å². The molecule has 1 aliphatic rings. The number of amides is 1. The van der Waals surface area contributed by atoms with Crippen molar-refractivity contribution >= 4 is 28.8 Å². The topological polar surface area (TPSA) is 45.7 Å². The molecule has 2 rings (SSSR count). The lowest BCUT2D eigenvalue weighted by Crippen LogP contribution is -2.46. The smallest absolute Gasteiger partial charge is 0.282 e. The minimum atomic E-state index is -2.72. The van der Waals surface area contributed by atoms with Gasteiger partial charge in [-0.25, -0.2) is 13.8 Å². The van der Waals surface area contributed by atoms with Gasteiger partial charge >= 0.3 is 0 Å². The molecule has 0 bridgehead atoms. The van der Waals surface area contributed by atoms with Crippen LogP contribution in [0.2, 0.25) is 5.15 Å². The fourth-order valence-corrected chi connectivity index (χ4v) is 3.30. The molecule has 0 N–H and O–H groups in total. The predicted molar refractivity (Wildman–Crippen MR) is 80.9 cm³/mol. The van der Waals surface area contributed by atoms with Crippen molar-refractivity contribution in [2.24, 2.45) is 0 Å². The van der Waals surface area contributed by atoms with E-state index in [1.54, 1.807) is 7.05 Å². The van der Waals surface area contributed by atoms with E-state index in [4.69, 9.17) is 16.3 Å².